The van der Waals surface area contributed by atoms with Gasteiger partial charge in [-0.25, -0.2) is 14.8 Å². The zero-order chi connectivity index (χ0) is 19.3. The monoisotopic (exact) mass is 373 g/mol. The molecule has 1 aliphatic heterocycles. The first-order chi connectivity index (χ1) is 13.8. The molecule has 142 valence electrons. The first kappa shape index (κ1) is 18.1. The van der Waals surface area contributed by atoms with Crippen molar-refractivity contribution in [2.75, 3.05) is 24.5 Å². The Balaban J connectivity index is 1.63. The summed E-state index contributed by atoms with van der Waals surface area (Å²) in [4.78, 5) is 15.0. The van der Waals surface area contributed by atoms with E-state index in [1.807, 2.05) is 41.5 Å². The average molecular weight is 373 g/mol. The highest BCUT2D eigenvalue weighted by Crippen LogP contribution is 2.27. The van der Waals surface area contributed by atoms with Crippen LogP contribution in [-0.4, -0.2) is 39.4 Å². The summed E-state index contributed by atoms with van der Waals surface area (Å²) < 4.78 is 1.92. The lowest BCUT2D eigenvalue weighted by molar-refractivity contribution is 0.687. The van der Waals surface area contributed by atoms with Gasteiger partial charge in [-0.15, -0.1) is 0 Å². The van der Waals surface area contributed by atoms with E-state index in [4.69, 9.17) is 12.3 Å². The van der Waals surface area contributed by atoms with E-state index < -0.39 is 0 Å². The van der Waals surface area contributed by atoms with Gasteiger partial charge in [-0.3, -0.25) is 4.68 Å². The van der Waals surface area contributed by atoms with Gasteiger partial charge in [0, 0.05) is 37.2 Å². The molecule has 4 rings (SSSR count). The first-order valence-corrected chi connectivity index (χ1v) is 9.56. The van der Waals surface area contributed by atoms with E-state index in [0.29, 0.717) is 24.6 Å². The number of aromatic nitrogens is 4. The summed E-state index contributed by atoms with van der Waals surface area (Å²) in [7, 11) is 0. The fraction of sp³-hybridized carbons (Fsp3) is 0.333. The number of anilines is 1. The number of hydrogen-bond donors (Lipinski definition) is 1. The maximum atomic E-state index is 7.34. The second-order valence-corrected chi connectivity index (χ2v) is 7.00. The van der Waals surface area contributed by atoms with Crippen LogP contribution in [0.1, 0.15) is 24.0 Å². The highest BCUT2D eigenvalue weighted by molar-refractivity contribution is 5.65. The predicted octanol–water partition coefficient (Wildman–Crippen LogP) is 3.04. The fourth-order valence-electron chi connectivity index (χ4n) is 3.54. The Morgan fingerprint density at radius 1 is 1.11 bits per heavy atom. The van der Waals surface area contributed by atoms with Crippen molar-refractivity contribution < 1.29 is 0 Å². The van der Waals surface area contributed by atoms with Gasteiger partial charge in [0.2, 0.25) is 0 Å². The van der Waals surface area contributed by atoms with Gasteiger partial charge in [0.05, 0.1) is 25.0 Å². The van der Waals surface area contributed by atoms with Gasteiger partial charge in [-0.2, -0.15) is 5.10 Å². The van der Waals surface area contributed by atoms with E-state index >= 15 is 0 Å². The molecule has 1 fully saturated rings. The Bertz CT molecular complexity index is 979. The molecule has 0 saturated carbocycles. The second-order valence-electron chi connectivity index (χ2n) is 7.00. The minimum absolute atomic E-state index is 0.570. The molecular weight excluding hydrogens is 350 g/mol. The molecule has 0 unspecified atom stereocenters. The van der Waals surface area contributed by atoms with E-state index in [1.54, 1.807) is 0 Å². The highest BCUT2D eigenvalue weighted by atomic mass is 15.3. The van der Waals surface area contributed by atoms with E-state index in [2.05, 4.69) is 31.0 Å². The van der Waals surface area contributed by atoms with Crippen molar-refractivity contribution >= 4 is 11.4 Å². The Labute approximate surface area is 164 Å². The maximum absolute atomic E-state index is 7.34. The molecule has 2 aromatic heterocycles. The molecule has 0 amide bonds. The SMILES string of the molecule is [C-]#[N+]c1ccc(-c2ncc(CCN)cn2)c(Cn2cc(N3CCCC3)cn2)c1. The van der Waals surface area contributed by atoms with Gasteiger partial charge in [0.25, 0.3) is 0 Å². The van der Waals surface area contributed by atoms with Crippen LogP contribution in [0.3, 0.4) is 0 Å². The summed E-state index contributed by atoms with van der Waals surface area (Å²) in [6.45, 7) is 10.7. The summed E-state index contributed by atoms with van der Waals surface area (Å²) in [5.74, 6) is 0.652. The number of hydrogen-bond acceptors (Lipinski definition) is 5. The molecule has 3 heterocycles. The van der Waals surface area contributed by atoms with Crippen LogP contribution in [0, 0.1) is 6.57 Å². The largest absolute Gasteiger partial charge is 0.369 e. The molecule has 1 aliphatic rings. The lowest BCUT2D eigenvalue weighted by Gasteiger charge is -2.14. The number of nitrogens with zero attached hydrogens (tertiary/aromatic N) is 6. The topological polar surface area (TPSA) is 77.2 Å². The van der Waals surface area contributed by atoms with Gasteiger partial charge in [-0.05, 0) is 36.9 Å². The lowest BCUT2D eigenvalue weighted by atomic mass is 10.1. The third-order valence-electron chi connectivity index (χ3n) is 5.02. The first-order valence-electron chi connectivity index (χ1n) is 9.56. The van der Waals surface area contributed by atoms with Crippen LogP contribution in [0.15, 0.2) is 43.0 Å². The molecule has 1 aromatic carbocycles. The van der Waals surface area contributed by atoms with Crippen LogP contribution in [-0.2, 0) is 13.0 Å². The maximum Gasteiger partial charge on any atom is 0.187 e. The fourth-order valence-corrected chi connectivity index (χ4v) is 3.54. The smallest absolute Gasteiger partial charge is 0.187 e. The van der Waals surface area contributed by atoms with Crippen molar-refractivity contribution in [3.63, 3.8) is 0 Å². The van der Waals surface area contributed by atoms with Gasteiger partial charge < -0.3 is 10.6 Å². The second kappa shape index (κ2) is 8.19. The van der Waals surface area contributed by atoms with Gasteiger partial charge in [0.1, 0.15) is 0 Å². The zero-order valence-electron chi connectivity index (χ0n) is 15.8. The molecule has 3 aromatic rings. The quantitative estimate of drug-likeness (QED) is 0.672. The van der Waals surface area contributed by atoms with Crippen LogP contribution < -0.4 is 10.6 Å². The molecular formula is C21H23N7. The molecule has 1 saturated heterocycles. The Morgan fingerprint density at radius 3 is 2.61 bits per heavy atom. The molecule has 0 spiro atoms. The molecule has 0 atom stereocenters. The molecule has 2 N–H and O–H groups in total. The molecule has 0 bridgehead atoms. The van der Waals surface area contributed by atoms with Crippen molar-refractivity contribution in [3.05, 3.63) is 65.5 Å². The minimum atomic E-state index is 0.570. The van der Waals surface area contributed by atoms with Crippen LogP contribution in [0.2, 0.25) is 0 Å². The number of benzene rings is 1. The van der Waals surface area contributed by atoms with Crippen LogP contribution in [0.5, 0.6) is 0 Å². The predicted molar refractivity (Wildman–Crippen MR) is 109 cm³/mol. The summed E-state index contributed by atoms with van der Waals surface area (Å²) >= 11 is 0. The number of nitrogens with two attached hydrogens (primary N) is 1. The standard InChI is InChI=1S/C21H23N7/c1-23-18-4-5-20(21-24-11-16(6-7-22)12-25-21)17(10-18)14-28-15-19(13-26-28)27-8-2-3-9-27/h4-5,10-13,15H,2-3,6-9,14,22H2. The summed E-state index contributed by atoms with van der Waals surface area (Å²) in [5, 5.41) is 4.53. The zero-order valence-corrected chi connectivity index (χ0v) is 15.8. The summed E-state index contributed by atoms with van der Waals surface area (Å²) in [6.07, 6.45) is 10.9. The van der Waals surface area contributed by atoms with Crippen LogP contribution in [0.25, 0.3) is 16.2 Å². The van der Waals surface area contributed by atoms with Crippen LogP contribution in [0.4, 0.5) is 11.4 Å². The van der Waals surface area contributed by atoms with E-state index in [-0.39, 0.29) is 0 Å². The lowest BCUT2D eigenvalue weighted by Crippen LogP contribution is -2.16. The summed E-state index contributed by atoms with van der Waals surface area (Å²) in [6, 6.07) is 5.63. The Hall–Kier alpha value is -3.24. The van der Waals surface area contributed by atoms with Gasteiger partial charge in [-0.1, -0.05) is 18.2 Å². The minimum Gasteiger partial charge on any atom is -0.369 e. The third kappa shape index (κ3) is 3.87. The van der Waals surface area contributed by atoms with Gasteiger partial charge in [0.15, 0.2) is 11.5 Å². The highest BCUT2D eigenvalue weighted by Gasteiger charge is 2.15. The summed E-state index contributed by atoms with van der Waals surface area (Å²) in [5.41, 5.74) is 10.3. The molecule has 0 aliphatic carbocycles. The van der Waals surface area contributed by atoms with Crippen molar-refractivity contribution in [2.45, 2.75) is 25.8 Å². The van der Waals surface area contributed by atoms with Crippen molar-refractivity contribution in [3.8, 4) is 11.4 Å². The van der Waals surface area contributed by atoms with Crippen LogP contribution >= 0.6 is 0 Å². The molecule has 0 radical (unpaired) electrons. The van der Waals surface area contributed by atoms with E-state index in [9.17, 15) is 0 Å². The average Bonchev–Trinajstić information content (AvgIpc) is 3.41. The van der Waals surface area contributed by atoms with Crippen molar-refractivity contribution in [2.24, 2.45) is 5.73 Å². The van der Waals surface area contributed by atoms with E-state index in [1.165, 1.54) is 12.8 Å². The Morgan fingerprint density at radius 2 is 1.89 bits per heavy atom. The van der Waals surface area contributed by atoms with Crippen molar-refractivity contribution in [1.29, 1.82) is 0 Å². The normalized spacial score (nSPS) is 13.6. The van der Waals surface area contributed by atoms with E-state index in [0.717, 1.165) is 41.9 Å². The Kier molecular flexibility index (Phi) is 5.31. The number of rotatable bonds is 6. The van der Waals surface area contributed by atoms with Crippen molar-refractivity contribution in [1.82, 2.24) is 19.7 Å². The molecule has 28 heavy (non-hydrogen) atoms. The molecule has 7 heteroatoms. The van der Waals surface area contributed by atoms with Gasteiger partial charge >= 0.3 is 0 Å². The third-order valence-corrected chi connectivity index (χ3v) is 5.02. The molecule has 7 nitrogen and oxygen atoms in total.